The van der Waals surface area contributed by atoms with E-state index < -0.39 is 0 Å². The van der Waals surface area contributed by atoms with Crippen LogP contribution >= 0.6 is 0 Å². The van der Waals surface area contributed by atoms with Crippen LogP contribution in [-0.2, 0) is 11.2 Å². The van der Waals surface area contributed by atoms with Gasteiger partial charge in [-0.2, -0.15) is 0 Å². The second-order valence-corrected chi connectivity index (χ2v) is 5.02. The van der Waals surface area contributed by atoms with Gasteiger partial charge in [0.05, 0.1) is 19.8 Å². The largest absolute Gasteiger partial charge is 0.490 e. The predicted octanol–water partition coefficient (Wildman–Crippen LogP) is 1.30. The van der Waals surface area contributed by atoms with Gasteiger partial charge < -0.3 is 19.9 Å². The summed E-state index contributed by atoms with van der Waals surface area (Å²) in [5, 5.41) is 0. The first-order valence-electron chi connectivity index (χ1n) is 7.72. The SMILES string of the molecule is CCOc1cccc(CCN)c1OCCN1CCOCC1. The molecule has 0 aliphatic carbocycles. The minimum atomic E-state index is 0.607. The van der Waals surface area contributed by atoms with Gasteiger partial charge in [0.1, 0.15) is 6.61 Å². The van der Waals surface area contributed by atoms with Crippen LogP contribution < -0.4 is 15.2 Å². The Hall–Kier alpha value is -1.30. The number of para-hydroxylation sites is 1. The molecule has 1 aromatic carbocycles. The molecule has 1 aliphatic rings. The number of nitrogens with two attached hydrogens (primary N) is 1. The molecule has 0 aromatic heterocycles. The van der Waals surface area contributed by atoms with Gasteiger partial charge in [0.25, 0.3) is 0 Å². The van der Waals surface area contributed by atoms with Crippen LogP contribution in [0.5, 0.6) is 11.5 Å². The molecule has 5 nitrogen and oxygen atoms in total. The van der Waals surface area contributed by atoms with Gasteiger partial charge in [0.15, 0.2) is 11.5 Å². The highest BCUT2D eigenvalue weighted by Gasteiger charge is 2.13. The summed E-state index contributed by atoms with van der Waals surface area (Å²) in [7, 11) is 0. The molecule has 0 amide bonds. The maximum absolute atomic E-state index is 6.01. The number of nitrogens with zero attached hydrogens (tertiary/aromatic N) is 1. The zero-order valence-electron chi connectivity index (χ0n) is 12.8. The van der Waals surface area contributed by atoms with Crippen LogP contribution in [0.4, 0.5) is 0 Å². The highest BCUT2D eigenvalue weighted by atomic mass is 16.5. The number of hydrogen-bond acceptors (Lipinski definition) is 5. The van der Waals surface area contributed by atoms with Crippen LogP contribution in [-0.4, -0.2) is 57.5 Å². The Kier molecular flexibility index (Phi) is 6.79. The first-order chi connectivity index (χ1) is 10.3. The Morgan fingerprint density at radius 3 is 2.76 bits per heavy atom. The summed E-state index contributed by atoms with van der Waals surface area (Å²) in [5.74, 6) is 1.66. The third kappa shape index (κ3) is 4.88. The van der Waals surface area contributed by atoms with Gasteiger partial charge in [0.2, 0.25) is 0 Å². The molecule has 1 aromatic rings. The van der Waals surface area contributed by atoms with E-state index in [0.717, 1.165) is 56.3 Å². The predicted molar refractivity (Wildman–Crippen MR) is 83.1 cm³/mol. The molecular formula is C16H26N2O3. The van der Waals surface area contributed by atoms with Crippen LogP contribution in [0.3, 0.4) is 0 Å². The lowest BCUT2D eigenvalue weighted by Gasteiger charge is -2.26. The Labute approximate surface area is 127 Å². The highest BCUT2D eigenvalue weighted by Crippen LogP contribution is 2.31. The van der Waals surface area contributed by atoms with Crippen molar-refractivity contribution >= 4 is 0 Å². The van der Waals surface area contributed by atoms with E-state index >= 15 is 0 Å². The molecule has 1 aliphatic heterocycles. The lowest BCUT2D eigenvalue weighted by atomic mass is 10.1. The first-order valence-corrected chi connectivity index (χ1v) is 7.72. The average Bonchev–Trinajstić information content (AvgIpc) is 2.51. The molecule has 1 heterocycles. The van der Waals surface area contributed by atoms with Crippen LogP contribution in [0.25, 0.3) is 0 Å². The van der Waals surface area contributed by atoms with Gasteiger partial charge in [-0.1, -0.05) is 12.1 Å². The number of rotatable bonds is 8. The molecule has 2 N–H and O–H groups in total. The summed E-state index contributed by atoms with van der Waals surface area (Å²) >= 11 is 0. The fourth-order valence-electron chi connectivity index (χ4n) is 2.45. The number of benzene rings is 1. The Bertz CT molecular complexity index is 396. The van der Waals surface area contributed by atoms with Crippen LogP contribution in [0.1, 0.15) is 12.5 Å². The summed E-state index contributed by atoms with van der Waals surface area (Å²) in [6, 6.07) is 6.00. The topological polar surface area (TPSA) is 57.0 Å². The molecule has 0 atom stereocenters. The van der Waals surface area contributed by atoms with E-state index in [1.54, 1.807) is 0 Å². The van der Waals surface area contributed by atoms with E-state index in [1.807, 2.05) is 19.1 Å². The number of morpholine rings is 1. The first kappa shape index (κ1) is 16.1. The average molecular weight is 294 g/mol. The summed E-state index contributed by atoms with van der Waals surface area (Å²) < 4.78 is 17.0. The van der Waals surface area contributed by atoms with Gasteiger partial charge in [-0.05, 0) is 31.5 Å². The molecule has 5 heteroatoms. The zero-order chi connectivity index (χ0) is 14.9. The normalized spacial score (nSPS) is 15.9. The van der Waals surface area contributed by atoms with Gasteiger partial charge in [-0.3, -0.25) is 4.90 Å². The summed E-state index contributed by atoms with van der Waals surface area (Å²) in [5.41, 5.74) is 6.80. The van der Waals surface area contributed by atoms with E-state index in [2.05, 4.69) is 11.0 Å². The molecule has 0 saturated carbocycles. The number of ether oxygens (including phenoxy) is 3. The second-order valence-electron chi connectivity index (χ2n) is 5.02. The van der Waals surface area contributed by atoms with E-state index in [-0.39, 0.29) is 0 Å². The van der Waals surface area contributed by atoms with E-state index in [0.29, 0.717) is 19.8 Å². The molecule has 0 radical (unpaired) electrons. The van der Waals surface area contributed by atoms with Crippen LogP contribution in [0.15, 0.2) is 18.2 Å². The zero-order valence-corrected chi connectivity index (χ0v) is 12.8. The Morgan fingerprint density at radius 2 is 2.05 bits per heavy atom. The van der Waals surface area contributed by atoms with Gasteiger partial charge in [-0.15, -0.1) is 0 Å². The van der Waals surface area contributed by atoms with Gasteiger partial charge in [-0.25, -0.2) is 0 Å². The van der Waals surface area contributed by atoms with E-state index in [9.17, 15) is 0 Å². The molecular weight excluding hydrogens is 268 g/mol. The molecule has 1 saturated heterocycles. The quantitative estimate of drug-likeness (QED) is 0.783. The van der Waals surface area contributed by atoms with Crippen molar-refractivity contribution in [3.8, 4) is 11.5 Å². The Balaban J connectivity index is 1.95. The molecule has 0 spiro atoms. The smallest absolute Gasteiger partial charge is 0.164 e. The summed E-state index contributed by atoms with van der Waals surface area (Å²) in [6.45, 7) is 8.36. The lowest BCUT2D eigenvalue weighted by molar-refractivity contribution is 0.0320. The van der Waals surface area contributed by atoms with E-state index in [4.69, 9.17) is 19.9 Å². The van der Waals surface area contributed by atoms with Crippen molar-refractivity contribution in [1.29, 1.82) is 0 Å². The number of hydrogen-bond donors (Lipinski definition) is 1. The summed E-state index contributed by atoms with van der Waals surface area (Å²) in [4.78, 5) is 2.36. The molecule has 1 fully saturated rings. The minimum absolute atomic E-state index is 0.607. The molecule has 118 valence electrons. The van der Waals surface area contributed by atoms with Gasteiger partial charge >= 0.3 is 0 Å². The maximum atomic E-state index is 6.01. The molecule has 0 unspecified atom stereocenters. The molecule has 21 heavy (non-hydrogen) atoms. The second kappa shape index (κ2) is 8.87. The van der Waals surface area contributed by atoms with Crippen molar-refractivity contribution in [2.45, 2.75) is 13.3 Å². The maximum Gasteiger partial charge on any atom is 0.164 e. The Morgan fingerprint density at radius 1 is 1.24 bits per heavy atom. The third-order valence-electron chi connectivity index (χ3n) is 3.53. The van der Waals surface area contributed by atoms with Crippen molar-refractivity contribution in [3.05, 3.63) is 23.8 Å². The molecule has 2 rings (SSSR count). The minimum Gasteiger partial charge on any atom is -0.490 e. The van der Waals surface area contributed by atoms with Crippen LogP contribution in [0.2, 0.25) is 0 Å². The fourth-order valence-corrected chi connectivity index (χ4v) is 2.45. The monoisotopic (exact) mass is 294 g/mol. The standard InChI is InChI=1S/C16H26N2O3/c1-2-20-15-5-3-4-14(6-7-17)16(15)21-13-10-18-8-11-19-12-9-18/h3-5H,2,6-13,17H2,1H3. The van der Waals surface area contributed by atoms with Crippen molar-refractivity contribution in [2.24, 2.45) is 5.73 Å². The van der Waals surface area contributed by atoms with Crippen molar-refractivity contribution in [2.75, 3.05) is 52.6 Å². The van der Waals surface area contributed by atoms with Crippen molar-refractivity contribution in [3.63, 3.8) is 0 Å². The third-order valence-corrected chi connectivity index (χ3v) is 3.53. The highest BCUT2D eigenvalue weighted by molar-refractivity contribution is 5.46. The van der Waals surface area contributed by atoms with Crippen LogP contribution in [0, 0.1) is 0 Å². The van der Waals surface area contributed by atoms with Crippen molar-refractivity contribution < 1.29 is 14.2 Å². The van der Waals surface area contributed by atoms with Crippen molar-refractivity contribution in [1.82, 2.24) is 4.90 Å². The van der Waals surface area contributed by atoms with E-state index in [1.165, 1.54) is 0 Å². The van der Waals surface area contributed by atoms with Gasteiger partial charge in [0, 0.05) is 19.6 Å². The fraction of sp³-hybridized carbons (Fsp3) is 0.625. The molecule has 0 bridgehead atoms. The summed E-state index contributed by atoms with van der Waals surface area (Å²) in [6.07, 6.45) is 0.799. The lowest BCUT2D eigenvalue weighted by Crippen LogP contribution is -2.38.